The van der Waals surface area contributed by atoms with Gasteiger partial charge in [0, 0.05) is 67.1 Å². The minimum Gasteiger partial charge on any atom is -0.506 e. The summed E-state index contributed by atoms with van der Waals surface area (Å²) in [6.07, 6.45) is 0. The van der Waals surface area contributed by atoms with Gasteiger partial charge in [-0.3, -0.25) is 18.5 Å². The van der Waals surface area contributed by atoms with Gasteiger partial charge in [0.25, 0.3) is 40.3 Å². The average Bonchev–Trinajstić information content (AvgIpc) is 1.41. The normalized spacial score (nSPS) is 12.5. The molecule has 25 heteroatoms. The monoisotopic (exact) mass is 1210 g/mol. The molecule has 21 nitrogen and oxygen atoms in total. The molecule has 0 bridgehead atoms. The van der Waals surface area contributed by atoms with E-state index in [1.54, 1.807) is 52.8 Å². The van der Waals surface area contributed by atoms with E-state index in [4.69, 9.17) is 9.41 Å². The van der Waals surface area contributed by atoms with Crippen molar-refractivity contribution < 1.29 is 77.2 Å². The van der Waals surface area contributed by atoms with Gasteiger partial charge in [-0.25, -0.2) is 31.4 Å². The predicted molar refractivity (Wildman–Crippen MR) is 314 cm³/mol. The molecule has 1 heterocycles. The van der Waals surface area contributed by atoms with E-state index in [1.165, 1.54) is 91.9 Å². The first-order valence-corrected chi connectivity index (χ1v) is 30.9. The minimum absolute atomic E-state index is 0.00202. The second kappa shape index (κ2) is 20.8. The Bertz CT molecular complexity index is 5080. The fraction of sp³-hybridized carbons (Fsp3) is 0.102. The highest BCUT2D eigenvalue weighted by Gasteiger charge is 2.31. The lowest BCUT2D eigenvalue weighted by atomic mass is 9.93. The van der Waals surface area contributed by atoms with E-state index in [9.17, 15) is 72.8 Å². The predicted octanol–water partition coefficient (Wildman–Crippen LogP) is 11.2. The number of phenols is 2. The summed E-state index contributed by atoms with van der Waals surface area (Å²) in [5, 5.41) is 44.4. The van der Waals surface area contributed by atoms with Gasteiger partial charge >= 0.3 is 11.9 Å². The molecule has 0 fully saturated rings. The molecule has 1 aliphatic heterocycles. The van der Waals surface area contributed by atoms with Gasteiger partial charge in [0.1, 0.15) is 43.8 Å². The van der Waals surface area contributed by atoms with Crippen LogP contribution in [0.1, 0.15) is 54.1 Å². The smallest absolute Gasteiger partial charge is 0.339 e. The van der Waals surface area contributed by atoms with Gasteiger partial charge < -0.3 is 30.2 Å². The van der Waals surface area contributed by atoms with Crippen molar-refractivity contribution in [3.63, 3.8) is 0 Å². The standard InChI is InChI=1S/C59H48N4O17S4/c1-28-21-30(3)54(62-81(70,71)48-25-42(58(66)67)56(64)37-15-9-7-13-35(37)48)32(5)52(28)60-34-19-20-39-45(23-34)80-46-27-44(50(84(77,78)79)24-41(46)51(39)40-17-11-12-18-47(40)83(74,75)76)61-53-29(2)22-31(4)55(33(53)6)63-82(72,73)49-26-43(59(68)69)57(65)38-16-10-8-14-36(38)49/h7-27,60,62-65H,1-6H3,(H,66,67)(H,68,69)(H,74,75,76)(H,77,78,79). The number of anilines is 4. The van der Waals surface area contributed by atoms with Gasteiger partial charge in [0.2, 0.25) is 0 Å². The largest absolute Gasteiger partial charge is 0.506 e. The van der Waals surface area contributed by atoms with Crippen LogP contribution in [0.4, 0.5) is 28.4 Å². The fourth-order valence-electron chi connectivity index (χ4n) is 10.6. The maximum absolute atomic E-state index is 14.3. The molecule has 2 aliphatic rings. The molecule has 10 rings (SSSR count). The molecular formula is C59H48N4O17S4. The Kier molecular flexibility index (Phi) is 14.3. The van der Waals surface area contributed by atoms with E-state index < -0.39 is 99.8 Å². The van der Waals surface area contributed by atoms with Gasteiger partial charge in [-0.1, -0.05) is 78.9 Å². The van der Waals surface area contributed by atoms with Gasteiger partial charge in [-0.05, 0) is 111 Å². The summed E-state index contributed by atoms with van der Waals surface area (Å²) in [5.41, 5.74) is 1.78. The maximum atomic E-state index is 14.3. The lowest BCUT2D eigenvalue weighted by Gasteiger charge is -2.21. The number of fused-ring (bicyclic) bond motifs is 4. The fourth-order valence-corrected chi connectivity index (χ4v) is 14.8. The van der Waals surface area contributed by atoms with E-state index in [1.807, 2.05) is 0 Å². The molecule has 0 saturated carbocycles. The Labute approximate surface area is 479 Å². The van der Waals surface area contributed by atoms with E-state index in [0.29, 0.717) is 39.2 Å². The number of benzene rings is 9. The molecule has 0 atom stereocenters. The first-order valence-electron chi connectivity index (χ1n) is 25.0. The molecule has 0 radical (unpaired) electrons. The Morgan fingerprint density at radius 2 is 0.952 bits per heavy atom. The van der Waals surface area contributed by atoms with Crippen LogP contribution in [0, 0.1) is 41.5 Å². The zero-order valence-electron chi connectivity index (χ0n) is 44.9. The van der Waals surface area contributed by atoms with Crippen molar-refractivity contribution in [2.24, 2.45) is 4.99 Å². The minimum atomic E-state index is -5.25. The average molecular weight is 1210 g/mol. The van der Waals surface area contributed by atoms with E-state index in [2.05, 4.69) is 14.8 Å². The highest BCUT2D eigenvalue weighted by atomic mass is 32.2. The van der Waals surface area contributed by atoms with Crippen LogP contribution in [-0.2, 0) is 40.3 Å². The third-order valence-electron chi connectivity index (χ3n) is 14.4. The first-order chi connectivity index (χ1) is 39.4. The quantitative estimate of drug-likeness (QED) is 0.0361. The zero-order chi connectivity index (χ0) is 60.9. The summed E-state index contributed by atoms with van der Waals surface area (Å²) in [6, 6.07) is 28.7. The highest BCUT2D eigenvalue weighted by Crippen LogP contribution is 2.46. The van der Waals surface area contributed by atoms with Gasteiger partial charge in [0.05, 0.1) is 32.2 Å². The SMILES string of the molecule is Cc1cc(C)c(NS(=O)(=O)c2cc(C(=O)O)c(O)c3ccccc23)c(C)c1N=c1cc2oc3cc(Nc4c(C)cc(C)c(NS(=O)(=O)c5cc(C(=O)O)c(O)c6ccccc56)c4C)ccc3c(-c3ccccc3S(=O)(=O)O)c-2cc1S(=O)(=O)O. The summed E-state index contributed by atoms with van der Waals surface area (Å²) >= 11 is 0. The van der Waals surface area contributed by atoms with Crippen LogP contribution in [0.3, 0.4) is 0 Å². The zero-order valence-corrected chi connectivity index (χ0v) is 48.1. The van der Waals surface area contributed by atoms with Crippen molar-refractivity contribution in [3.05, 3.63) is 177 Å². The Morgan fingerprint density at radius 1 is 0.476 bits per heavy atom. The number of carboxylic acids is 2. The molecule has 0 amide bonds. The van der Waals surface area contributed by atoms with Crippen LogP contribution in [0.25, 0.3) is 55.0 Å². The molecule has 430 valence electrons. The third-order valence-corrected chi connectivity index (χ3v) is 19.0. The van der Waals surface area contributed by atoms with Crippen molar-refractivity contribution in [1.82, 2.24) is 0 Å². The molecule has 84 heavy (non-hydrogen) atoms. The Morgan fingerprint density at radius 3 is 1.48 bits per heavy atom. The number of carboxylic acid groups (broad SMARTS) is 2. The number of hydrogen-bond donors (Lipinski definition) is 9. The summed E-state index contributed by atoms with van der Waals surface area (Å²) in [5.74, 6) is -4.54. The molecule has 1 aliphatic carbocycles. The van der Waals surface area contributed by atoms with Crippen LogP contribution < -0.4 is 20.1 Å². The van der Waals surface area contributed by atoms with Gasteiger partial charge in [-0.2, -0.15) is 16.8 Å². The maximum Gasteiger partial charge on any atom is 0.339 e. The molecular weight excluding hydrogens is 1160 g/mol. The number of hydrogen-bond acceptors (Lipinski definition) is 15. The van der Waals surface area contributed by atoms with Crippen molar-refractivity contribution in [1.29, 1.82) is 0 Å². The van der Waals surface area contributed by atoms with E-state index in [-0.39, 0.29) is 77.6 Å². The van der Waals surface area contributed by atoms with Crippen molar-refractivity contribution in [3.8, 4) is 33.9 Å². The molecule has 8 aromatic rings. The number of sulfonamides is 2. The molecule has 8 aromatic carbocycles. The molecule has 0 aromatic heterocycles. The highest BCUT2D eigenvalue weighted by molar-refractivity contribution is 7.93. The van der Waals surface area contributed by atoms with E-state index >= 15 is 0 Å². The van der Waals surface area contributed by atoms with Crippen LogP contribution in [-0.4, -0.2) is 75.1 Å². The topological polar surface area (TPSA) is 354 Å². The summed E-state index contributed by atoms with van der Waals surface area (Å²) in [4.78, 5) is 26.8. The lowest BCUT2D eigenvalue weighted by Crippen LogP contribution is -2.17. The number of nitrogens with zero attached hydrogens (tertiary/aromatic N) is 1. The lowest BCUT2D eigenvalue weighted by molar-refractivity contribution is 0.0682. The summed E-state index contributed by atoms with van der Waals surface area (Å²) in [7, 11) is -19.5. The van der Waals surface area contributed by atoms with Crippen LogP contribution in [0.2, 0.25) is 0 Å². The van der Waals surface area contributed by atoms with Crippen molar-refractivity contribution >= 4 is 113 Å². The number of aryl methyl sites for hydroxylation is 4. The number of aromatic hydroxyl groups is 2. The van der Waals surface area contributed by atoms with Crippen LogP contribution in [0.15, 0.2) is 156 Å². The molecule has 0 spiro atoms. The number of aromatic carboxylic acids is 2. The summed E-state index contributed by atoms with van der Waals surface area (Å²) < 4.78 is 144. The van der Waals surface area contributed by atoms with Gasteiger partial charge in [0.15, 0.2) is 0 Å². The molecule has 9 N–H and O–H groups in total. The summed E-state index contributed by atoms with van der Waals surface area (Å²) in [6.45, 7) is 9.75. The molecule has 0 unspecified atom stereocenters. The second-order valence-electron chi connectivity index (χ2n) is 19.9. The third kappa shape index (κ3) is 10.3. The number of carbonyl (C=O) groups is 2. The number of rotatable bonds is 14. The Hall–Kier alpha value is -9.37. The van der Waals surface area contributed by atoms with Crippen molar-refractivity contribution in [2.45, 2.75) is 61.1 Å². The van der Waals surface area contributed by atoms with Crippen LogP contribution in [0.5, 0.6) is 11.5 Å². The first kappa shape index (κ1) is 57.8. The second-order valence-corrected chi connectivity index (χ2v) is 26.0. The van der Waals surface area contributed by atoms with Gasteiger partial charge in [-0.15, -0.1) is 0 Å². The Balaban J connectivity index is 1.14. The van der Waals surface area contributed by atoms with Crippen molar-refractivity contribution in [2.75, 3.05) is 14.8 Å². The van der Waals surface area contributed by atoms with E-state index in [0.717, 1.165) is 24.3 Å². The van der Waals surface area contributed by atoms with Crippen LogP contribution >= 0.6 is 0 Å². The molecule has 0 saturated heterocycles. The number of nitrogens with one attached hydrogen (secondary N) is 3.